The van der Waals surface area contributed by atoms with Crippen LogP contribution in [0.1, 0.15) is 40.5 Å². The van der Waals surface area contributed by atoms with Gasteiger partial charge in [0.1, 0.15) is 11.5 Å². The van der Waals surface area contributed by atoms with Gasteiger partial charge in [0.05, 0.1) is 9.79 Å². The Morgan fingerprint density at radius 3 is 1.14 bits per heavy atom. The summed E-state index contributed by atoms with van der Waals surface area (Å²) in [5, 5.41) is 0. The lowest BCUT2D eigenvalue weighted by Gasteiger charge is -2.34. The Balaban J connectivity index is 1.44. The van der Waals surface area contributed by atoms with Crippen LogP contribution < -0.4 is 4.74 Å². The van der Waals surface area contributed by atoms with Gasteiger partial charge in [-0.3, -0.25) is 0 Å². The molecule has 2 aromatic carbocycles. The molecule has 9 heteroatoms. The van der Waals surface area contributed by atoms with Gasteiger partial charge < -0.3 is 4.74 Å². The van der Waals surface area contributed by atoms with Gasteiger partial charge in [0.25, 0.3) is 0 Å². The van der Waals surface area contributed by atoms with E-state index < -0.39 is 20.0 Å². The first-order valence-electron chi connectivity index (χ1n) is 12.3. The molecule has 2 saturated heterocycles. The molecule has 2 aliphatic heterocycles. The molecule has 35 heavy (non-hydrogen) atoms. The van der Waals surface area contributed by atoms with Crippen LogP contribution in [0.25, 0.3) is 0 Å². The highest BCUT2D eigenvalue weighted by Crippen LogP contribution is 2.30. The van der Waals surface area contributed by atoms with Gasteiger partial charge in [0.2, 0.25) is 20.0 Å². The van der Waals surface area contributed by atoms with Gasteiger partial charge in [-0.25, -0.2) is 16.8 Å². The number of sulfonamides is 2. The molecule has 0 aromatic heterocycles. The molecule has 2 heterocycles. The van der Waals surface area contributed by atoms with Gasteiger partial charge in [-0.05, 0) is 85.0 Å². The zero-order valence-corrected chi connectivity index (χ0v) is 22.6. The topological polar surface area (TPSA) is 84.0 Å². The Morgan fingerprint density at radius 1 is 0.571 bits per heavy atom. The molecule has 0 amide bonds. The molecule has 0 spiro atoms. The minimum atomic E-state index is -3.55. The molecule has 7 nitrogen and oxygen atoms in total. The van der Waals surface area contributed by atoms with Crippen molar-refractivity contribution in [3.63, 3.8) is 0 Å². The van der Waals surface area contributed by atoms with Crippen molar-refractivity contribution in [2.24, 2.45) is 23.7 Å². The van der Waals surface area contributed by atoms with Crippen LogP contribution in [-0.4, -0.2) is 51.6 Å². The minimum absolute atomic E-state index is 0.248. The van der Waals surface area contributed by atoms with E-state index in [0.717, 1.165) is 12.8 Å². The van der Waals surface area contributed by atoms with Crippen molar-refractivity contribution in [2.45, 2.75) is 50.3 Å². The van der Waals surface area contributed by atoms with Crippen molar-refractivity contribution >= 4 is 20.0 Å². The van der Waals surface area contributed by atoms with Gasteiger partial charge in [-0.15, -0.1) is 0 Å². The average Bonchev–Trinajstić information content (AvgIpc) is 2.78. The van der Waals surface area contributed by atoms with Gasteiger partial charge in [-0.1, -0.05) is 27.7 Å². The second-order valence-electron chi connectivity index (χ2n) is 10.6. The maximum Gasteiger partial charge on any atom is 0.243 e. The van der Waals surface area contributed by atoms with E-state index in [0.29, 0.717) is 61.3 Å². The summed E-state index contributed by atoms with van der Waals surface area (Å²) < 4.78 is 61.3. The summed E-state index contributed by atoms with van der Waals surface area (Å²) in [6.45, 7) is 10.5. The van der Waals surface area contributed by atoms with Crippen molar-refractivity contribution < 1.29 is 21.6 Å². The van der Waals surface area contributed by atoms with E-state index in [9.17, 15) is 16.8 Å². The summed E-state index contributed by atoms with van der Waals surface area (Å²) in [7, 11) is -7.10. The summed E-state index contributed by atoms with van der Waals surface area (Å²) in [6.07, 6.45) is 2.07. The summed E-state index contributed by atoms with van der Waals surface area (Å²) in [5.41, 5.74) is 0. The minimum Gasteiger partial charge on any atom is -0.457 e. The first kappa shape index (κ1) is 26.1. The molecular formula is C26H36N2O5S2. The lowest BCUT2D eigenvalue weighted by Crippen LogP contribution is -2.42. The SMILES string of the molecule is C[C@@H]1C[C@H](C)CN(S(=O)(=O)c2ccc(Oc3ccc(S(=O)(=O)N4C[C@H](C)C[C@H](C)C4)cc3)cc2)C1. The van der Waals surface area contributed by atoms with Gasteiger partial charge in [0.15, 0.2) is 0 Å². The number of piperidine rings is 2. The van der Waals surface area contributed by atoms with Crippen LogP contribution in [0.2, 0.25) is 0 Å². The molecule has 192 valence electrons. The molecule has 0 radical (unpaired) electrons. The van der Waals surface area contributed by atoms with Crippen molar-refractivity contribution in [3.05, 3.63) is 48.5 Å². The largest absolute Gasteiger partial charge is 0.457 e. The second kappa shape index (κ2) is 10.2. The van der Waals surface area contributed by atoms with Gasteiger partial charge >= 0.3 is 0 Å². The Hall–Kier alpha value is -1.94. The summed E-state index contributed by atoms with van der Waals surface area (Å²) in [5.74, 6) is 2.32. The Bertz CT molecular complexity index is 1110. The quantitative estimate of drug-likeness (QED) is 0.546. The van der Waals surface area contributed by atoms with E-state index in [1.807, 2.05) is 0 Å². The van der Waals surface area contributed by atoms with E-state index in [1.165, 1.54) is 0 Å². The van der Waals surface area contributed by atoms with Crippen molar-refractivity contribution in [1.29, 1.82) is 0 Å². The van der Waals surface area contributed by atoms with Crippen LogP contribution in [-0.2, 0) is 20.0 Å². The number of nitrogens with zero attached hydrogens (tertiary/aromatic N) is 2. The molecule has 0 bridgehead atoms. The third-order valence-corrected chi connectivity index (χ3v) is 10.5. The third-order valence-electron chi connectivity index (χ3n) is 6.83. The van der Waals surface area contributed by atoms with Crippen LogP contribution in [0.5, 0.6) is 11.5 Å². The molecule has 0 unspecified atom stereocenters. The van der Waals surface area contributed by atoms with E-state index >= 15 is 0 Å². The van der Waals surface area contributed by atoms with E-state index in [4.69, 9.17) is 4.74 Å². The highest BCUT2D eigenvalue weighted by Gasteiger charge is 2.32. The van der Waals surface area contributed by atoms with Crippen LogP contribution in [0.15, 0.2) is 58.3 Å². The smallest absolute Gasteiger partial charge is 0.243 e. The Morgan fingerprint density at radius 2 is 0.857 bits per heavy atom. The molecule has 2 fully saturated rings. The van der Waals surface area contributed by atoms with Crippen LogP contribution in [0.4, 0.5) is 0 Å². The number of hydrogen-bond donors (Lipinski definition) is 0. The zero-order valence-electron chi connectivity index (χ0n) is 20.9. The van der Waals surface area contributed by atoms with Gasteiger partial charge in [0, 0.05) is 26.2 Å². The lowest BCUT2D eigenvalue weighted by atomic mass is 9.94. The average molecular weight is 521 g/mol. The van der Waals surface area contributed by atoms with Gasteiger partial charge in [-0.2, -0.15) is 8.61 Å². The fourth-order valence-corrected chi connectivity index (χ4v) is 8.76. The predicted molar refractivity (Wildman–Crippen MR) is 136 cm³/mol. The van der Waals surface area contributed by atoms with Crippen LogP contribution in [0.3, 0.4) is 0 Å². The number of ether oxygens (including phenoxy) is 1. The first-order valence-corrected chi connectivity index (χ1v) is 15.2. The fourth-order valence-electron chi connectivity index (χ4n) is 5.40. The molecule has 0 aliphatic carbocycles. The van der Waals surface area contributed by atoms with Crippen molar-refractivity contribution in [3.8, 4) is 11.5 Å². The summed E-state index contributed by atoms with van der Waals surface area (Å²) in [4.78, 5) is 0.496. The monoisotopic (exact) mass is 520 g/mol. The molecule has 2 aromatic rings. The fraction of sp³-hybridized carbons (Fsp3) is 0.538. The molecule has 0 N–H and O–H groups in total. The Kier molecular flexibility index (Phi) is 7.62. The first-order chi connectivity index (χ1) is 16.4. The van der Waals surface area contributed by atoms with E-state index in [2.05, 4.69) is 27.7 Å². The standard InChI is InChI=1S/C26H36N2O5S2/c1-19-13-20(2)16-27(15-19)34(29,30)25-9-5-23(6-10-25)33-24-7-11-26(12-8-24)35(31,32)28-17-21(3)14-22(4)18-28/h5-12,19-22H,13-18H2,1-4H3/t19-,20+,21-,22+. The number of hydrogen-bond acceptors (Lipinski definition) is 5. The summed E-state index contributed by atoms with van der Waals surface area (Å²) in [6, 6.07) is 12.8. The molecule has 2 aliphatic rings. The molecule has 0 saturated carbocycles. The van der Waals surface area contributed by atoms with Crippen molar-refractivity contribution in [1.82, 2.24) is 8.61 Å². The number of benzene rings is 2. The highest BCUT2D eigenvalue weighted by molar-refractivity contribution is 7.89. The van der Waals surface area contributed by atoms with E-state index in [-0.39, 0.29) is 9.79 Å². The molecular weight excluding hydrogens is 484 g/mol. The second-order valence-corrected chi connectivity index (χ2v) is 14.5. The third kappa shape index (κ3) is 5.90. The zero-order chi connectivity index (χ0) is 25.4. The summed E-state index contributed by atoms with van der Waals surface area (Å²) >= 11 is 0. The van der Waals surface area contributed by atoms with Crippen LogP contribution in [0, 0.1) is 23.7 Å². The maximum atomic E-state index is 13.1. The van der Waals surface area contributed by atoms with Crippen molar-refractivity contribution in [2.75, 3.05) is 26.2 Å². The predicted octanol–water partition coefficient (Wildman–Crippen LogP) is 4.81. The van der Waals surface area contributed by atoms with E-state index in [1.54, 1.807) is 57.1 Å². The Labute approximate surface area is 210 Å². The lowest BCUT2D eigenvalue weighted by molar-refractivity contribution is 0.222. The maximum absolute atomic E-state index is 13.1. The highest BCUT2D eigenvalue weighted by atomic mass is 32.2. The van der Waals surface area contributed by atoms with Crippen LogP contribution >= 0.6 is 0 Å². The normalized spacial score (nSPS) is 27.0. The number of rotatable bonds is 6. The molecule has 4 atom stereocenters. The molecule has 4 rings (SSSR count).